The third-order valence-corrected chi connectivity index (χ3v) is 0.583. The van der Waals surface area contributed by atoms with E-state index in [2.05, 4.69) is 0 Å². The maximum atomic E-state index is 9.81. The van der Waals surface area contributed by atoms with Crippen LogP contribution in [0.3, 0.4) is 0 Å². The quantitative estimate of drug-likeness (QED) is 0.639. The lowest BCUT2D eigenvalue weighted by atomic mass is 10.1. The highest BCUT2D eigenvalue weighted by Gasteiger charge is 1.98. The van der Waals surface area contributed by atoms with Gasteiger partial charge in [-0.15, -0.1) is 0 Å². The molecule has 0 radical (unpaired) electrons. The van der Waals surface area contributed by atoms with Gasteiger partial charge < -0.3 is 10.2 Å². The molecule has 0 aliphatic heterocycles. The highest BCUT2D eigenvalue weighted by molar-refractivity contribution is 5.66. The minimum absolute atomic E-state index is 0.275. The summed E-state index contributed by atoms with van der Waals surface area (Å²) in [5.74, 6) is -1.27. The summed E-state index contributed by atoms with van der Waals surface area (Å²) in [5, 5.41) is 15.5. The van der Waals surface area contributed by atoms with E-state index in [1.165, 1.54) is 0 Å². The lowest BCUT2D eigenvalue weighted by molar-refractivity contribution is -0.138. The van der Waals surface area contributed by atoms with E-state index < -0.39 is 11.9 Å². The van der Waals surface area contributed by atoms with E-state index in [0.29, 0.717) is 0 Å². The monoisotopic (exact) mass is 162 g/mol. The van der Waals surface area contributed by atoms with Gasteiger partial charge in [-0.05, 0) is 5.92 Å². The summed E-state index contributed by atoms with van der Waals surface area (Å²) < 4.78 is 0. The number of hydrogen-bond donors (Lipinski definition) is 2. The van der Waals surface area contributed by atoms with Crippen LogP contribution in [0.1, 0.15) is 27.2 Å². The largest absolute Gasteiger partial charge is 0.481 e. The molecule has 0 aliphatic rings. The van der Waals surface area contributed by atoms with Gasteiger partial charge in [0.05, 0.1) is 0 Å². The Bertz CT molecular complexity index is 124. The lowest BCUT2D eigenvalue weighted by Gasteiger charge is -1.94. The average molecular weight is 162 g/mol. The van der Waals surface area contributed by atoms with Gasteiger partial charge in [0.25, 0.3) is 5.97 Å². The fraction of sp³-hybridized carbons (Fsp3) is 0.714. The van der Waals surface area contributed by atoms with E-state index >= 15 is 0 Å². The van der Waals surface area contributed by atoms with Gasteiger partial charge in [0, 0.05) is 13.3 Å². The zero-order chi connectivity index (χ0) is 9.44. The summed E-state index contributed by atoms with van der Waals surface area (Å²) in [5.41, 5.74) is 0. The van der Waals surface area contributed by atoms with Crippen LogP contribution >= 0.6 is 0 Å². The van der Waals surface area contributed by atoms with Gasteiger partial charge in [0.1, 0.15) is 0 Å². The summed E-state index contributed by atoms with van der Waals surface area (Å²) in [7, 11) is 0. The van der Waals surface area contributed by atoms with Crippen LogP contribution in [0.4, 0.5) is 0 Å². The third kappa shape index (κ3) is 49.8. The summed E-state index contributed by atoms with van der Waals surface area (Å²) >= 11 is 0. The second-order valence-corrected chi connectivity index (χ2v) is 2.51. The molecule has 66 valence electrons. The molecule has 0 unspecified atom stereocenters. The van der Waals surface area contributed by atoms with Crippen molar-refractivity contribution in [3.63, 3.8) is 0 Å². The molecular weight excluding hydrogens is 148 g/mol. The molecule has 0 saturated carbocycles. The topological polar surface area (TPSA) is 74.6 Å². The number of carbonyl (C=O) groups is 2. The standard InChI is InChI=1S/C5H10O2.C2H4O2/c1-4(2)3-5(6)7;1-2(3)4/h4H,3H2,1-2H3,(H,6,7);1H3,(H,3,4). The van der Waals surface area contributed by atoms with Crippen molar-refractivity contribution in [2.24, 2.45) is 5.92 Å². The van der Waals surface area contributed by atoms with Gasteiger partial charge in [-0.2, -0.15) is 0 Å². The Morgan fingerprint density at radius 1 is 1.27 bits per heavy atom. The smallest absolute Gasteiger partial charge is 0.303 e. The molecule has 11 heavy (non-hydrogen) atoms. The van der Waals surface area contributed by atoms with Crippen molar-refractivity contribution in [2.75, 3.05) is 0 Å². The maximum absolute atomic E-state index is 9.81. The molecule has 0 aliphatic carbocycles. The van der Waals surface area contributed by atoms with Gasteiger partial charge in [-0.25, -0.2) is 0 Å². The van der Waals surface area contributed by atoms with Crippen molar-refractivity contribution in [2.45, 2.75) is 27.2 Å². The molecule has 0 aromatic heterocycles. The predicted octanol–water partition coefficient (Wildman–Crippen LogP) is 1.21. The first-order chi connectivity index (χ1) is 4.86. The van der Waals surface area contributed by atoms with Crippen molar-refractivity contribution in [1.82, 2.24) is 0 Å². The molecule has 0 saturated heterocycles. The van der Waals surface area contributed by atoms with E-state index in [-0.39, 0.29) is 12.3 Å². The molecule has 0 bridgehead atoms. The van der Waals surface area contributed by atoms with Gasteiger partial charge in [-0.1, -0.05) is 13.8 Å². The molecule has 0 fully saturated rings. The van der Waals surface area contributed by atoms with Crippen LogP contribution in [-0.4, -0.2) is 22.2 Å². The van der Waals surface area contributed by atoms with Crippen LogP contribution in [-0.2, 0) is 9.59 Å². The molecule has 0 aromatic carbocycles. The van der Waals surface area contributed by atoms with Crippen LogP contribution in [0.15, 0.2) is 0 Å². The Hall–Kier alpha value is -1.06. The van der Waals surface area contributed by atoms with Gasteiger partial charge >= 0.3 is 5.97 Å². The fourth-order valence-corrected chi connectivity index (χ4v) is 0.349. The highest BCUT2D eigenvalue weighted by Crippen LogP contribution is 1.96. The lowest BCUT2D eigenvalue weighted by Crippen LogP contribution is -1.99. The SMILES string of the molecule is CC(=O)O.CC(C)CC(=O)O. The summed E-state index contributed by atoms with van der Waals surface area (Å²) in [6.07, 6.45) is 0.278. The molecule has 0 rings (SSSR count). The Balaban J connectivity index is 0. The minimum atomic E-state index is -0.833. The molecular formula is C7H14O4. The van der Waals surface area contributed by atoms with Crippen molar-refractivity contribution in [1.29, 1.82) is 0 Å². The zero-order valence-electron chi connectivity index (χ0n) is 7.00. The van der Waals surface area contributed by atoms with Crippen LogP contribution in [0.5, 0.6) is 0 Å². The van der Waals surface area contributed by atoms with Crippen molar-refractivity contribution in [3.05, 3.63) is 0 Å². The fourth-order valence-electron chi connectivity index (χ4n) is 0.349. The highest BCUT2D eigenvalue weighted by atomic mass is 16.4. The second-order valence-electron chi connectivity index (χ2n) is 2.51. The second kappa shape index (κ2) is 7.05. The number of hydrogen-bond acceptors (Lipinski definition) is 2. The molecule has 0 spiro atoms. The van der Waals surface area contributed by atoms with E-state index in [1.54, 1.807) is 0 Å². The Morgan fingerprint density at radius 3 is 1.55 bits per heavy atom. The molecule has 0 amide bonds. The first-order valence-electron chi connectivity index (χ1n) is 3.27. The Kier molecular flexibility index (Phi) is 8.08. The van der Waals surface area contributed by atoms with Crippen LogP contribution < -0.4 is 0 Å². The van der Waals surface area contributed by atoms with E-state index in [0.717, 1.165) is 6.92 Å². The molecule has 4 nitrogen and oxygen atoms in total. The average Bonchev–Trinajstić information content (AvgIpc) is 1.56. The predicted molar refractivity (Wildman–Crippen MR) is 40.4 cm³/mol. The molecule has 2 N–H and O–H groups in total. The van der Waals surface area contributed by atoms with E-state index in [4.69, 9.17) is 15.0 Å². The normalized spacial score (nSPS) is 8.36. The molecule has 0 atom stereocenters. The van der Waals surface area contributed by atoms with Crippen molar-refractivity contribution < 1.29 is 19.8 Å². The molecule has 0 aromatic rings. The maximum Gasteiger partial charge on any atom is 0.303 e. The summed E-state index contributed by atoms with van der Waals surface area (Å²) in [4.78, 5) is 18.8. The van der Waals surface area contributed by atoms with E-state index in [1.807, 2.05) is 13.8 Å². The third-order valence-electron chi connectivity index (χ3n) is 0.583. The molecule has 4 heteroatoms. The Labute approximate surface area is 65.8 Å². The number of carboxylic acid groups (broad SMARTS) is 2. The Morgan fingerprint density at radius 2 is 1.55 bits per heavy atom. The summed E-state index contributed by atoms with van der Waals surface area (Å²) in [6, 6.07) is 0. The summed E-state index contributed by atoms with van der Waals surface area (Å²) in [6.45, 7) is 4.85. The molecule has 0 heterocycles. The zero-order valence-corrected chi connectivity index (χ0v) is 7.00. The number of aliphatic carboxylic acids is 2. The van der Waals surface area contributed by atoms with Crippen molar-refractivity contribution in [3.8, 4) is 0 Å². The van der Waals surface area contributed by atoms with E-state index in [9.17, 15) is 4.79 Å². The first-order valence-corrected chi connectivity index (χ1v) is 3.27. The van der Waals surface area contributed by atoms with Crippen LogP contribution in [0.25, 0.3) is 0 Å². The van der Waals surface area contributed by atoms with Gasteiger partial charge in [0.15, 0.2) is 0 Å². The minimum Gasteiger partial charge on any atom is -0.481 e. The first kappa shape index (κ1) is 12.6. The van der Waals surface area contributed by atoms with Gasteiger partial charge in [-0.3, -0.25) is 9.59 Å². The van der Waals surface area contributed by atoms with Gasteiger partial charge in [0.2, 0.25) is 0 Å². The number of rotatable bonds is 2. The van der Waals surface area contributed by atoms with Crippen LogP contribution in [0, 0.1) is 5.92 Å². The number of carboxylic acids is 2. The van der Waals surface area contributed by atoms with Crippen LogP contribution in [0.2, 0.25) is 0 Å². The van der Waals surface area contributed by atoms with Crippen molar-refractivity contribution >= 4 is 11.9 Å².